The van der Waals surface area contributed by atoms with Crippen molar-refractivity contribution >= 4 is 21.6 Å². The highest BCUT2D eigenvalue weighted by Gasteiger charge is 2.18. The molecule has 0 heterocycles. The Morgan fingerprint density at radius 3 is 2.21 bits per heavy atom. The lowest BCUT2D eigenvalue weighted by Crippen LogP contribution is -2.32. The van der Waals surface area contributed by atoms with Crippen LogP contribution < -0.4 is 9.62 Å². The molecule has 2 aromatic rings. The van der Waals surface area contributed by atoms with E-state index in [1.807, 2.05) is 62.4 Å². The molecule has 1 N–H and O–H groups in total. The molecule has 1 atom stereocenters. The van der Waals surface area contributed by atoms with E-state index >= 15 is 0 Å². The van der Waals surface area contributed by atoms with Gasteiger partial charge in [-0.15, -0.1) is 0 Å². The van der Waals surface area contributed by atoms with E-state index in [2.05, 4.69) is 12.2 Å². The van der Waals surface area contributed by atoms with Crippen molar-refractivity contribution < 1.29 is 13.2 Å². The van der Waals surface area contributed by atoms with Gasteiger partial charge < -0.3 is 5.32 Å². The summed E-state index contributed by atoms with van der Waals surface area (Å²) in [6.07, 6.45) is 2.82. The van der Waals surface area contributed by atoms with E-state index in [-0.39, 0.29) is 24.9 Å². The number of hydrogen-bond donors (Lipinski definition) is 1. The molecule has 0 saturated carbocycles. The number of anilines is 1. The first-order chi connectivity index (χ1) is 13.2. The van der Waals surface area contributed by atoms with Crippen LogP contribution in [0.4, 0.5) is 5.69 Å². The Balaban J connectivity index is 1.92. The average Bonchev–Trinajstić information content (AvgIpc) is 2.65. The van der Waals surface area contributed by atoms with Crippen molar-refractivity contribution in [3.8, 4) is 0 Å². The van der Waals surface area contributed by atoms with Crippen molar-refractivity contribution in [1.82, 2.24) is 5.32 Å². The van der Waals surface area contributed by atoms with Crippen LogP contribution >= 0.6 is 0 Å². The van der Waals surface area contributed by atoms with Crippen LogP contribution in [0.2, 0.25) is 0 Å². The topological polar surface area (TPSA) is 66.5 Å². The highest BCUT2D eigenvalue weighted by atomic mass is 32.2. The Hall–Kier alpha value is -2.34. The molecule has 0 radical (unpaired) electrons. The molecule has 5 nitrogen and oxygen atoms in total. The zero-order valence-corrected chi connectivity index (χ0v) is 17.9. The van der Waals surface area contributed by atoms with Gasteiger partial charge >= 0.3 is 0 Å². The molecule has 0 aliphatic heterocycles. The summed E-state index contributed by atoms with van der Waals surface area (Å²) in [5.41, 5.74) is 4.01. The number of nitrogens with zero attached hydrogens (tertiary/aromatic N) is 1. The molecule has 0 aliphatic carbocycles. The van der Waals surface area contributed by atoms with Crippen molar-refractivity contribution in [2.75, 3.05) is 17.1 Å². The van der Waals surface area contributed by atoms with E-state index in [0.717, 1.165) is 17.5 Å². The van der Waals surface area contributed by atoms with Crippen molar-refractivity contribution in [3.05, 3.63) is 65.2 Å². The highest BCUT2D eigenvalue weighted by Crippen LogP contribution is 2.19. The fraction of sp³-hybridized carbons (Fsp3) is 0.409. The maximum atomic E-state index is 12.3. The molecule has 1 amide bonds. The first kappa shape index (κ1) is 22.0. The minimum absolute atomic E-state index is 0.0807. The third-order valence-electron chi connectivity index (χ3n) is 4.75. The van der Waals surface area contributed by atoms with E-state index in [9.17, 15) is 13.2 Å². The number of rotatable bonds is 9. The van der Waals surface area contributed by atoms with Gasteiger partial charge in [-0.3, -0.25) is 9.10 Å². The fourth-order valence-electron chi connectivity index (χ4n) is 3.02. The molecule has 2 rings (SSSR count). The summed E-state index contributed by atoms with van der Waals surface area (Å²) in [6.45, 7) is 6.30. The smallest absolute Gasteiger partial charge is 0.232 e. The monoisotopic (exact) mass is 402 g/mol. The molecule has 28 heavy (non-hydrogen) atoms. The molecular formula is C22H30N2O3S. The third-order valence-corrected chi connectivity index (χ3v) is 5.95. The maximum Gasteiger partial charge on any atom is 0.232 e. The summed E-state index contributed by atoms with van der Waals surface area (Å²) in [5.74, 6) is -0.0807. The summed E-state index contributed by atoms with van der Waals surface area (Å²) >= 11 is 0. The lowest BCUT2D eigenvalue weighted by molar-refractivity contribution is -0.121. The molecule has 1 unspecified atom stereocenters. The lowest BCUT2D eigenvalue weighted by Gasteiger charge is -2.23. The first-order valence-electron chi connectivity index (χ1n) is 9.63. The van der Waals surface area contributed by atoms with Gasteiger partial charge in [-0.25, -0.2) is 8.42 Å². The molecule has 0 spiro atoms. The van der Waals surface area contributed by atoms with Crippen molar-refractivity contribution in [2.24, 2.45) is 0 Å². The number of amides is 1. The quantitative estimate of drug-likeness (QED) is 0.690. The van der Waals surface area contributed by atoms with Gasteiger partial charge in [0.15, 0.2) is 0 Å². The molecule has 0 bridgehead atoms. The molecule has 2 aromatic carbocycles. The van der Waals surface area contributed by atoms with Gasteiger partial charge in [0.1, 0.15) is 0 Å². The van der Waals surface area contributed by atoms with Gasteiger partial charge in [0.25, 0.3) is 0 Å². The van der Waals surface area contributed by atoms with Crippen LogP contribution in [0.1, 0.15) is 49.4 Å². The number of carbonyl (C=O) groups is 1. The van der Waals surface area contributed by atoms with Gasteiger partial charge in [0.05, 0.1) is 18.0 Å². The zero-order chi connectivity index (χ0) is 20.7. The molecule has 6 heteroatoms. The first-order valence-corrected chi connectivity index (χ1v) is 11.5. The summed E-state index contributed by atoms with van der Waals surface area (Å²) < 4.78 is 25.7. The SMILES string of the molecule is CCc1ccc(N(CCCC(=O)NC(C)c2ccc(C)cc2)S(C)(=O)=O)cc1. The number of hydrogen-bond acceptors (Lipinski definition) is 3. The van der Waals surface area contributed by atoms with Crippen LogP contribution in [0, 0.1) is 6.92 Å². The number of sulfonamides is 1. The van der Waals surface area contributed by atoms with Gasteiger partial charge in [0.2, 0.25) is 15.9 Å². The second-order valence-corrected chi connectivity index (χ2v) is 9.07. The second-order valence-electron chi connectivity index (χ2n) is 7.16. The maximum absolute atomic E-state index is 12.3. The number of benzene rings is 2. The number of carbonyl (C=O) groups excluding carboxylic acids is 1. The molecule has 0 fully saturated rings. The summed E-state index contributed by atoms with van der Waals surface area (Å²) in [7, 11) is -3.40. The largest absolute Gasteiger partial charge is 0.350 e. The minimum atomic E-state index is -3.40. The van der Waals surface area contributed by atoms with Crippen molar-refractivity contribution in [2.45, 2.75) is 46.1 Å². The van der Waals surface area contributed by atoms with Gasteiger partial charge in [0, 0.05) is 13.0 Å². The van der Waals surface area contributed by atoms with Crippen LogP contribution in [0.5, 0.6) is 0 Å². The van der Waals surface area contributed by atoms with Crippen LogP contribution in [0.25, 0.3) is 0 Å². The van der Waals surface area contributed by atoms with E-state index < -0.39 is 10.0 Å². The van der Waals surface area contributed by atoms with Gasteiger partial charge in [-0.05, 0) is 49.9 Å². The second kappa shape index (κ2) is 9.73. The highest BCUT2D eigenvalue weighted by molar-refractivity contribution is 7.92. The van der Waals surface area contributed by atoms with E-state index in [4.69, 9.17) is 0 Å². The zero-order valence-electron chi connectivity index (χ0n) is 17.1. The van der Waals surface area contributed by atoms with Crippen LogP contribution in [0.3, 0.4) is 0 Å². The molecule has 0 saturated heterocycles. The van der Waals surface area contributed by atoms with E-state index in [1.54, 1.807) is 0 Å². The summed E-state index contributed by atoms with van der Waals surface area (Å²) in [5, 5.41) is 2.98. The van der Waals surface area contributed by atoms with Gasteiger partial charge in [-0.1, -0.05) is 48.9 Å². The van der Waals surface area contributed by atoms with Crippen molar-refractivity contribution in [3.63, 3.8) is 0 Å². The summed E-state index contributed by atoms with van der Waals surface area (Å²) in [4.78, 5) is 12.3. The number of aryl methyl sites for hydroxylation is 2. The Kier molecular flexibility index (Phi) is 7.63. The Morgan fingerprint density at radius 2 is 1.68 bits per heavy atom. The molecule has 152 valence electrons. The molecular weight excluding hydrogens is 372 g/mol. The lowest BCUT2D eigenvalue weighted by atomic mass is 10.1. The Labute approximate surface area is 168 Å². The van der Waals surface area contributed by atoms with Crippen LogP contribution in [0.15, 0.2) is 48.5 Å². The van der Waals surface area contributed by atoms with Crippen LogP contribution in [-0.4, -0.2) is 27.1 Å². The van der Waals surface area contributed by atoms with E-state index in [0.29, 0.717) is 12.1 Å². The number of nitrogens with one attached hydrogen (secondary N) is 1. The third kappa shape index (κ3) is 6.37. The van der Waals surface area contributed by atoms with E-state index in [1.165, 1.54) is 16.1 Å². The predicted molar refractivity (Wildman–Crippen MR) is 115 cm³/mol. The molecule has 0 aromatic heterocycles. The average molecular weight is 403 g/mol. The standard InChI is InChI=1S/C22H30N2O3S/c1-5-19-10-14-21(15-11-19)24(28(4,26)27)16-6-7-22(25)23-18(3)20-12-8-17(2)9-13-20/h8-15,18H,5-7,16H2,1-4H3,(H,23,25). The minimum Gasteiger partial charge on any atom is -0.350 e. The fourth-order valence-corrected chi connectivity index (χ4v) is 3.99. The Morgan fingerprint density at radius 1 is 1.07 bits per heavy atom. The summed E-state index contributed by atoms with van der Waals surface area (Å²) in [6, 6.07) is 15.5. The Bertz CT molecular complexity index is 875. The molecule has 0 aliphatic rings. The predicted octanol–water partition coefficient (Wildman–Crippen LogP) is 3.98. The van der Waals surface area contributed by atoms with Gasteiger partial charge in [-0.2, -0.15) is 0 Å². The van der Waals surface area contributed by atoms with Crippen LogP contribution in [-0.2, 0) is 21.2 Å². The normalized spacial score (nSPS) is 12.4. The van der Waals surface area contributed by atoms with Crippen molar-refractivity contribution in [1.29, 1.82) is 0 Å².